The summed E-state index contributed by atoms with van der Waals surface area (Å²) in [6.07, 6.45) is 0. The van der Waals surface area contributed by atoms with Crippen LogP contribution >= 0.6 is 0 Å². The zero-order valence-corrected chi connectivity index (χ0v) is 2.90. The molecule has 0 bridgehead atoms. The van der Waals surface area contributed by atoms with E-state index in [2.05, 4.69) is 0 Å². The molecule has 0 aliphatic rings. The molecule has 0 aromatic heterocycles. The molecule has 0 unspecified atom stereocenters. The first-order valence-corrected chi connectivity index (χ1v) is 0. The average Bonchev–Trinajstić information content (AvgIpc) is 0. The third-order valence-corrected chi connectivity index (χ3v) is 0. The first-order valence-electron chi connectivity index (χ1n) is 0. The van der Waals surface area contributed by atoms with Crippen molar-refractivity contribution in [3.8, 4) is 0 Å². The van der Waals surface area contributed by atoms with Gasteiger partial charge in [-0.3, -0.25) is 28.2 Å². The molecule has 0 rings (SSSR count). The van der Waals surface area contributed by atoms with Gasteiger partial charge in [-0.05, 0) is 0 Å². The van der Waals surface area contributed by atoms with Gasteiger partial charge in [-0.15, -0.1) is 0 Å². The minimum Gasteiger partial charge on any atom is -0.269 e. The van der Waals surface area contributed by atoms with E-state index in [1.54, 1.807) is 0 Å². The Morgan fingerprint density at radius 2 is 0.286 bits per heavy atom. The number of halogens is 6. The van der Waals surface area contributed by atoms with Gasteiger partial charge in [0.05, 0.1) is 0 Å². The van der Waals surface area contributed by atoms with E-state index in [4.69, 9.17) is 0 Å². The zero-order chi connectivity index (χ0) is 0. The van der Waals surface area contributed by atoms with Gasteiger partial charge in [0.1, 0.15) is 0 Å². The summed E-state index contributed by atoms with van der Waals surface area (Å²) in [6.45, 7) is 0. The maximum atomic E-state index is 0. The first-order chi connectivity index (χ1) is 0. The Hall–Kier alpha value is -0.460. The third kappa shape index (κ3) is 328. The maximum absolute atomic E-state index is 0. The van der Waals surface area contributed by atoms with Crippen LogP contribution in [0.3, 0.4) is 0 Å². The second kappa shape index (κ2) is 540. The first kappa shape index (κ1) is 949. The zero-order valence-electron chi connectivity index (χ0n) is 2.90. The number of nitrogens with zero attached hydrogens (tertiary/aromatic N) is 1. The van der Waals surface area contributed by atoms with Gasteiger partial charge in [-0.1, -0.05) is 0 Å². The van der Waals surface area contributed by atoms with E-state index in [0.717, 1.165) is 0 Å². The molecule has 1 nitrogen and oxygen atoms in total. The van der Waals surface area contributed by atoms with Crippen LogP contribution in [-0.2, 0) is 0 Å². The molecule has 0 amide bonds. The largest absolute Gasteiger partial charge is 0.269 e. The van der Waals surface area contributed by atoms with E-state index >= 15 is 0 Å². The Morgan fingerprint density at radius 1 is 0.286 bits per heavy atom. The molecule has 0 saturated carbocycles. The van der Waals surface area contributed by atoms with Gasteiger partial charge in [0.15, 0.2) is 0 Å². The monoisotopic (exact) mass is 134 g/mol. The molecule has 0 aliphatic heterocycles. The maximum Gasteiger partial charge on any atom is 0 e. The van der Waals surface area contributed by atoms with Crippen LogP contribution in [-0.4, -0.2) is 0 Å². The van der Waals surface area contributed by atoms with Crippen LogP contribution in [0.4, 0.5) is 28.2 Å². The molecule has 7 heavy (non-hydrogen) atoms. The Kier molecular flexibility index (Phi) is 73100. The SMILES string of the molecule is F.F.F.F.F.F.[N]. The van der Waals surface area contributed by atoms with Crippen LogP contribution in [0.2, 0.25) is 0 Å². The standard InChI is InChI=1S/6FH.N/h6*1H;. The topological polar surface area (TPSA) is 30.5 Å². The summed E-state index contributed by atoms with van der Waals surface area (Å²) in [7, 11) is 0. The lowest BCUT2D eigenvalue weighted by atomic mass is 14.0. The predicted molar refractivity (Wildman–Crippen MR) is 17.2 cm³/mol. The summed E-state index contributed by atoms with van der Waals surface area (Å²) < 4.78 is 0. The van der Waals surface area contributed by atoms with E-state index in [1.165, 1.54) is 0 Å². The van der Waals surface area contributed by atoms with E-state index in [9.17, 15) is 0 Å². The molecule has 7 heteroatoms. The Balaban J connectivity index is 0. The van der Waals surface area contributed by atoms with E-state index < -0.39 is 0 Å². The second-order valence-corrected chi connectivity index (χ2v) is 0. The summed E-state index contributed by atoms with van der Waals surface area (Å²) in [5.41, 5.74) is 0. The molecule has 0 N–H and O–H groups in total. The van der Waals surface area contributed by atoms with Crippen molar-refractivity contribution in [3.63, 3.8) is 0 Å². The lowest BCUT2D eigenvalue weighted by molar-refractivity contribution is 1.11. The molecule has 0 saturated heterocycles. The van der Waals surface area contributed by atoms with Crippen molar-refractivity contribution in [2.24, 2.45) is 0 Å². The lowest BCUT2D eigenvalue weighted by Gasteiger charge is -0.270. The van der Waals surface area contributed by atoms with Gasteiger partial charge < -0.3 is 0 Å². The number of hydrogen-bond donors (Lipinski definition) is 0. The summed E-state index contributed by atoms with van der Waals surface area (Å²) in [4.78, 5) is 0. The van der Waals surface area contributed by atoms with Crippen molar-refractivity contribution in [1.82, 2.24) is 6.15 Å². The lowest BCUT2D eigenvalue weighted by Crippen LogP contribution is -0.481. The molecule has 0 aromatic rings. The highest BCUT2D eigenvalue weighted by atomic mass is 19.0. The van der Waals surface area contributed by atoms with Crippen molar-refractivity contribution in [1.29, 1.82) is 0 Å². The van der Waals surface area contributed by atoms with Crippen LogP contribution in [0.15, 0.2) is 0 Å². The van der Waals surface area contributed by atoms with Crippen LogP contribution in [0.25, 0.3) is 0 Å². The van der Waals surface area contributed by atoms with Crippen molar-refractivity contribution < 1.29 is 28.2 Å². The van der Waals surface area contributed by atoms with Crippen LogP contribution < -0.4 is 6.15 Å². The van der Waals surface area contributed by atoms with Crippen LogP contribution in [0.1, 0.15) is 0 Å². The normalized spacial score (nSPS) is 0. The van der Waals surface area contributed by atoms with Crippen molar-refractivity contribution in [3.05, 3.63) is 0 Å². The van der Waals surface area contributed by atoms with Gasteiger partial charge in [-0.2, -0.15) is 0 Å². The summed E-state index contributed by atoms with van der Waals surface area (Å²) in [5, 5.41) is 0. The molecule has 0 heterocycles. The highest BCUT2D eigenvalue weighted by Crippen LogP contribution is 0.425. The molecule has 3 radical (unpaired) electrons. The number of hydrogen-bond acceptors (Lipinski definition) is 0. The molecular weight excluding hydrogens is 128 g/mol. The molecule has 0 aliphatic carbocycles. The smallest absolute Gasteiger partial charge is 0 e. The molecule has 0 spiro atoms. The molecule has 0 fully saturated rings. The second-order valence-electron chi connectivity index (χ2n) is 0. The van der Waals surface area contributed by atoms with Crippen molar-refractivity contribution in [2.75, 3.05) is 0 Å². The molecular formula is H6F6N. The quantitative estimate of drug-likeness (QED) is 0.430. The Labute approximate surface area is 35.9 Å². The van der Waals surface area contributed by atoms with Gasteiger partial charge in [-0.25, -0.2) is 0 Å². The Bertz CT molecular complexity index is 4.14. The highest BCUT2D eigenvalue weighted by molar-refractivity contribution is 2.13. The molecule has 53 valence electrons. The molecule has 0 atom stereocenters. The number of rotatable bonds is 0. The van der Waals surface area contributed by atoms with E-state index in [-0.39, 0.29) is 34.4 Å². The highest BCUT2D eigenvalue weighted by Gasteiger charge is 0.0000227. The predicted octanol–water partition coefficient (Wildman–Crippen LogP) is 0.434. The summed E-state index contributed by atoms with van der Waals surface area (Å²) in [5.74, 6) is 0. The summed E-state index contributed by atoms with van der Waals surface area (Å²) >= 11 is 0. The van der Waals surface area contributed by atoms with Gasteiger partial charge in [0.2, 0.25) is 0 Å². The fourth-order valence-corrected chi connectivity index (χ4v) is 0. The molecule has 0 aromatic carbocycles. The average molecular weight is 134 g/mol. The van der Waals surface area contributed by atoms with Crippen LogP contribution in [0, 0.1) is 0 Å². The summed E-state index contributed by atoms with van der Waals surface area (Å²) in [6, 6.07) is 0. The van der Waals surface area contributed by atoms with E-state index in [1.807, 2.05) is 0 Å². The minimum absolute atomic E-state index is 0. The minimum atomic E-state index is 0. The van der Waals surface area contributed by atoms with E-state index in [0.29, 0.717) is 0 Å². The van der Waals surface area contributed by atoms with Crippen LogP contribution in [0.5, 0.6) is 0 Å². The van der Waals surface area contributed by atoms with Crippen molar-refractivity contribution in [2.45, 2.75) is 0 Å². The third-order valence-electron chi connectivity index (χ3n) is 0. The van der Waals surface area contributed by atoms with Gasteiger partial charge in [0.25, 0.3) is 0 Å². The van der Waals surface area contributed by atoms with Gasteiger partial charge in [0, 0.05) is 6.15 Å². The fraction of sp³-hybridized carbons (Fsp3) is 0. The fourth-order valence-electron chi connectivity index (χ4n) is 0. The van der Waals surface area contributed by atoms with Crippen molar-refractivity contribution >= 4 is 0 Å². The Morgan fingerprint density at radius 3 is 0.286 bits per heavy atom. The van der Waals surface area contributed by atoms with Gasteiger partial charge >= 0.3 is 0 Å².